The first-order valence-electron chi connectivity index (χ1n) is 11.5. The number of amides is 2. The first-order chi connectivity index (χ1) is 16.9. The highest BCUT2D eigenvalue weighted by molar-refractivity contribution is 7.23. The zero-order valence-electron chi connectivity index (χ0n) is 19.6. The van der Waals surface area contributed by atoms with E-state index in [1.54, 1.807) is 27.7 Å². The van der Waals surface area contributed by atoms with E-state index < -0.39 is 0 Å². The molecular weight excluding hydrogens is 460 g/mol. The first kappa shape index (κ1) is 23.0. The number of likely N-dealkylation sites (N-methyl/N-ethyl adjacent to an activating group) is 1. The van der Waals surface area contributed by atoms with E-state index in [4.69, 9.17) is 0 Å². The molecule has 1 aliphatic heterocycles. The second-order valence-corrected chi connectivity index (χ2v) is 9.84. The molecule has 0 radical (unpaired) electrons. The van der Waals surface area contributed by atoms with E-state index in [2.05, 4.69) is 10.2 Å². The maximum Gasteiger partial charge on any atom is 0.322 e. The SMILES string of the molecule is CN(C)[C@H]1CCN(C(=O)Nc2sc3c(ccc(=O)n3-c3ccccc3)c2C(=O)c2ccccc2)C1. The molecule has 2 aromatic carbocycles. The summed E-state index contributed by atoms with van der Waals surface area (Å²) < 4.78 is 1.59. The molecule has 1 saturated heterocycles. The van der Waals surface area contributed by atoms with Crippen molar-refractivity contribution in [2.45, 2.75) is 12.5 Å². The summed E-state index contributed by atoms with van der Waals surface area (Å²) in [6.45, 7) is 1.27. The number of likely N-dealkylation sites (tertiary alicyclic amines) is 1. The smallest absolute Gasteiger partial charge is 0.322 e. The highest BCUT2D eigenvalue weighted by Gasteiger charge is 2.30. The minimum absolute atomic E-state index is 0.196. The summed E-state index contributed by atoms with van der Waals surface area (Å²) in [6.07, 6.45) is 0.899. The summed E-state index contributed by atoms with van der Waals surface area (Å²) in [5.74, 6) is -0.196. The van der Waals surface area contributed by atoms with E-state index in [1.165, 1.54) is 17.4 Å². The molecule has 3 heterocycles. The Balaban J connectivity index is 1.62. The maximum atomic E-state index is 13.7. The largest absolute Gasteiger partial charge is 0.323 e. The lowest BCUT2D eigenvalue weighted by atomic mass is 10.0. The van der Waals surface area contributed by atoms with Crippen molar-refractivity contribution >= 4 is 38.4 Å². The van der Waals surface area contributed by atoms with Gasteiger partial charge in [-0.2, -0.15) is 0 Å². The van der Waals surface area contributed by atoms with Gasteiger partial charge in [0.25, 0.3) is 5.56 Å². The number of nitrogens with zero attached hydrogens (tertiary/aromatic N) is 3. The zero-order valence-corrected chi connectivity index (χ0v) is 20.4. The van der Waals surface area contributed by atoms with Crippen molar-refractivity contribution in [1.82, 2.24) is 14.4 Å². The molecule has 2 aromatic heterocycles. The number of benzene rings is 2. The van der Waals surface area contributed by atoms with Crippen LogP contribution in [-0.4, -0.2) is 59.4 Å². The van der Waals surface area contributed by atoms with Gasteiger partial charge in [-0.3, -0.25) is 19.5 Å². The van der Waals surface area contributed by atoms with Gasteiger partial charge < -0.3 is 9.80 Å². The number of fused-ring (bicyclic) bond motifs is 1. The van der Waals surface area contributed by atoms with Crippen LogP contribution in [0, 0.1) is 0 Å². The minimum atomic E-state index is -0.239. The first-order valence-corrected chi connectivity index (χ1v) is 12.3. The van der Waals surface area contributed by atoms with Crippen molar-refractivity contribution < 1.29 is 9.59 Å². The van der Waals surface area contributed by atoms with Gasteiger partial charge in [0.15, 0.2) is 5.78 Å². The van der Waals surface area contributed by atoms with Crippen molar-refractivity contribution in [3.05, 3.63) is 94.3 Å². The Morgan fingerprint density at radius 2 is 1.66 bits per heavy atom. The van der Waals surface area contributed by atoms with Crippen LogP contribution >= 0.6 is 11.3 Å². The number of hydrogen-bond acceptors (Lipinski definition) is 5. The molecule has 1 N–H and O–H groups in total. The molecule has 7 nitrogen and oxygen atoms in total. The van der Waals surface area contributed by atoms with Gasteiger partial charge in [0.1, 0.15) is 9.83 Å². The summed E-state index contributed by atoms with van der Waals surface area (Å²) in [5.41, 5.74) is 1.43. The van der Waals surface area contributed by atoms with Gasteiger partial charge in [-0.25, -0.2) is 4.79 Å². The fourth-order valence-corrected chi connectivity index (χ4v) is 5.68. The number of carbonyl (C=O) groups excluding carboxylic acids is 2. The molecule has 0 bridgehead atoms. The number of nitrogens with one attached hydrogen (secondary N) is 1. The number of aromatic nitrogens is 1. The van der Waals surface area contributed by atoms with Crippen LogP contribution in [0.3, 0.4) is 0 Å². The second-order valence-electron chi connectivity index (χ2n) is 8.84. The third-order valence-corrected chi connectivity index (χ3v) is 7.53. The van der Waals surface area contributed by atoms with Crippen molar-refractivity contribution in [3.8, 4) is 5.69 Å². The summed E-state index contributed by atoms with van der Waals surface area (Å²) in [4.78, 5) is 44.3. The second kappa shape index (κ2) is 9.48. The molecule has 0 saturated carbocycles. The molecule has 4 aromatic rings. The molecule has 1 aliphatic rings. The summed E-state index contributed by atoms with van der Waals surface area (Å²) in [5, 5.41) is 4.08. The number of pyridine rings is 1. The van der Waals surface area contributed by atoms with Gasteiger partial charge in [-0.1, -0.05) is 59.9 Å². The number of thiophene rings is 1. The molecular formula is C27H26N4O3S. The van der Waals surface area contributed by atoms with Gasteiger partial charge in [0.2, 0.25) is 0 Å². The molecule has 35 heavy (non-hydrogen) atoms. The predicted octanol–water partition coefficient (Wildman–Crippen LogP) is 4.45. The molecule has 0 spiro atoms. The summed E-state index contributed by atoms with van der Waals surface area (Å²) in [7, 11) is 4.02. The van der Waals surface area contributed by atoms with E-state index in [1.807, 2.05) is 62.6 Å². The van der Waals surface area contributed by atoms with Crippen molar-refractivity contribution in [1.29, 1.82) is 0 Å². The van der Waals surface area contributed by atoms with E-state index in [-0.39, 0.29) is 17.4 Å². The van der Waals surface area contributed by atoms with Crippen LogP contribution in [0.5, 0.6) is 0 Å². The van der Waals surface area contributed by atoms with E-state index in [0.717, 1.165) is 6.42 Å². The quantitative estimate of drug-likeness (QED) is 0.423. The molecule has 1 fully saturated rings. The fourth-order valence-electron chi connectivity index (χ4n) is 4.47. The molecule has 8 heteroatoms. The van der Waals surface area contributed by atoms with Crippen LogP contribution in [0.2, 0.25) is 0 Å². The van der Waals surface area contributed by atoms with Crippen LogP contribution in [0.1, 0.15) is 22.3 Å². The van der Waals surface area contributed by atoms with Crippen LogP contribution in [0.15, 0.2) is 77.6 Å². The van der Waals surface area contributed by atoms with Gasteiger partial charge in [0.05, 0.1) is 11.3 Å². The zero-order chi connectivity index (χ0) is 24.5. The van der Waals surface area contributed by atoms with Gasteiger partial charge in [-0.15, -0.1) is 0 Å². The standard InChI is InChI=1S/C27H26N4O3S/c1-29(2)20-15-16-30(17-20)27(34)28-25-23(24(33)18-9-5-3-6-10-18)21-13-14-22(32)31(26(21)35-25)19-11-7-4-8-12-19/h3-14,20H,15-17H2,1-2H3,(H,28,34)/t20-/m0/s1. The van der Waals surface area contributed by atoms with Gasteiger partial charge in [-0.05, 0) is 38.7 Å². The van der Waals surface area contributed by atoms with Crippen LogP contribution in [0.25, 0.3) is 15.9 Å². The van der Waals surface area contributed by atoms with Crippen molar-refractivity contribution in [2.75, 3.05) is 32.5 Å². The molecule has 0 unspecified atom stereocenters. The van der Waals surface area contributed by atoms with Crippen molar-refractivity contribution in [2.24, 2.45) is 0 Å². The average Bonchev–Trinajstić information content (AvgIpc) is 3.50. The summed E-state index contributed by atoms with van der Waals surface area (Å²) >= 11 is 1.25. The number of anilines is 1. The lowest BCUT2D eigenvalue weighted by Gasteiger charge is -2.20. The molecule has 5 rings (SSSR count). The number of para-hydroxylation sites is 1. The number of carbonyl (C=O) groups is 2. The lowest BCUT2D eigenvalue weighted by Crippen LogP contribution is -2.36. The van der Waals surface area contributed by atoms with Crippen LogP contribution in [-0.2, 0) is 0 Å². The molecule has 1 atom stereocenters. The van der Waals surface area contributed by atoms with E-state index >= 15 is 0 Å². The summed E-state index contributed by atoms with van der Waals surface area (Å²) in [6, 6.07) is 21.5. The minimum Gasteiger partial charge on any atom is -0.323 e. The highest BCUT2D eigenvalue weighted by Crippen LogP contribution is 2.38. The van der Waals surface area contributed by atoms with Gasteiger partial charge in [0, 0.05) is 36.1 Å². The average molecular weight is 487 g/mol. The number of hydrogen-bond donors (Lipinski definition) is 1. The normalized spacial score (nSPS) is 15.6. The van der Waals surface area contributed by atoms with Crippen molar-refractivity contribution in [3.63, 3.8) is 0 Å². The molecule has 2 amide bonds. The lowest BCUT2D eigenvalue weighted by molar-refractivity contribution is 0.104. The van der Waals surface area contributed by atoms with Crippen LogP contribution in [0.4, 0.5) is 9.80 Å². The van der Waals surface area contributed by atoms with E-state index in [9.17, 15) is 14.4 Å². The van der Waals surface area contributed by atoms with E-state index in [0.29, 0.717) is 51.2 Å². The Morgan fingerprint density at radius 3 is 2.31 bits per heavy atom. The third kappa shape index (κ3) is 4.38. The van der Waals surface area contributed by atoms with Crippen LogP contribution < -0.4 is 10.9 Å². The monoisotopic (exact) mass is 486 g/mol. The fraction of sp³-hybridized carbons (Fsp3) is 0.222. The Hall–Kier alpha value is -3.75. The Bertz CT molecular complexity index is 1440. The molecule has 0 aliphatic carbocycles. The maximum absolute atomic E-state index is 13.7. The predicted molar refractivity (Wildman–Crippen MR) is 140 cm³/mol. The Morgan fingerprint density at radius 1 is 0.971 bits per heavy atom. The Kier molecular flexibility index (Phi) is 6.23. The highest BCUT2D eigenvalue weighted by atomic mass is 32.1. The molecule has 178 valence electrons. The third-order valence-electron chi connectivity index (χ3n) is 6.42. The number of rotatable bonds is 5. The topological polar surface area (TPSA) is 74.7 Å². The Labute approximate surface area is 207 Å². The van der Waals surface area contributed by atoms with Gasteiger partial charge >= 0.3 is 6.03 Å². The number of ketones is 1. The number of urea groups is 1.